The van der Waals surface area contributed by atoms with Gasteiger partial charge in [-0.25, -0.2) is 4.79 Å². The topological polar surface area (TPSA) is 152 Å². The number of carbonyl (C=O) groups excluding carboxylic acids is 5. The van der Waals surface area contributed by atoms with Crippen LogP contribution in [0.5, 0.6) is 0 Å². The van der Waals surface area contributed by atoms with Crippen molar-refractivity contribution in [3.8, 4) is 0 Å². The molecule has 3 N–H and O–H groups in total. The molecule has 12 nitrogen and oxygen atoms in total. The lowest BCUT2D eigenvalue weighted by atomic mass is 10.2. The van der Waals surface area contributed by atoms with Crippen molar-refractivity contribution in [3.63, 3.8) is 0 Å². The highest BCUT2D eigenvalue weighted by Crippen LogP contribution is 2.05. The number of allylic oxidation sites excluding steroid dienone is 1. The Labute approximate surface area is 200 Å². The Kier molecular flexibility index (Phi) is 16.8. The van der Waals surface area contributed by atoms with Gasteiger partial charge in [0.15, 0.2) is 0 Å². The fourth-order valence-corrected chi connectivity index (χ4v) is 2.24. The zero-order chi connectivity index (χ0) is 25.8. The summed E-state index contributed by atoms with van der Waals surface area (Å²) in [5.74, 6) is -0.760. The van der Waals surface area contributed by atoms with Crippen LogP contribution in [0.4, 0.5) is 4.79 Å². The van der Waals surface area contributed by atoms with Crippen LogP contribution in [-0.4, -0.2) is 100 Å². The molecule has 4 amide bonds. The first-order chi connectivity index (χ1) is 16.0. The number of nitrogens with one attached hydrogen (secondary N) is 3. The lowest BCUT2D eigenvalue weighted by Gasteiger charge is -2.19. The number of likely N-dealkylation sites (N-methyl/N-ethyl adjacent to an activating group) is 1. The van der Waals surface area contributed by atoms with E-state index in [1.165, 1.54) is 4.90 Å². The summed E-state index contributed by atoms with van der Waals surface area (Å²) in [5, 5.41) is 7.89. The van der Waals surface area contributed by atoms with Crippen LogP contribution >= 0.6 is 0 Å². The molecule has 0 spiro atoms. The van der Waals surface area contributed by atoms with Gasteiger partial charge >= 0.3 is 6.09 Å². The lowest BCUT2D eigenvalue weighted by Crippen LogP contribution is -2.38. The molecule has 0 radical (unpaired) electrons. The highest BCUT2D eigenvalue weighted by molar-refractivity contribution is 5.91. The Balaban J connectivity index is 3.56. The Morgan fingerprint density at radius 3 is 2.06 bits per heavy atom. The third-order valence-electron chi connectivity index (χ3n) is 3.90. The maximum atomic E-state index is 11.7. The Morgan fingerprint density at radius 2 is 1.41 bits per heavy atom. The van der Waals surface area contributed by atoms with Gasteiger partial charge in [0.2, 0.25) is 17.7 Å². The molecule has 194 valence electrons. The molecule has 0 bridgehead atoms. The highest BCUT2D eigenvalue weighted by atomic mass is 16.6. The van der Waals surface area contributed by atoms with Gasteiger partial charge in [0.05, 0.1) is 26.4 Å². The summed E-state index contributed by atoms with van der Waals surface area (Å²) in [6, 6.07) is 0. The number of hydrogen-bond donors (Lipinski definition) is 3. The Bertz CT molecular complexity index is 676. The number of ether oxygens (including phenoxy) is 3. The summed E-state index contributed by atoms with van der Waals surface area (Å²) < 4.78 is 15.7. The fraction of sp³-hybridized carbons (Fsp3) is 0.682. The van der Waals surface area contributed by atoms with Crippen LogP contribution in [0.3, 0.4) is 0 Å². The van der Waals surface area contributed by atoms with E-state index in [2.05, 4.69) is 16.0 Å². The minimum atomic E-state index is -0.570. The molecule has 0 heterocycles. The molecule has 0 aromatic rings. The third-order valence-corrected chi connectivity index (χ3v) is 3.90. The molecule has 0 aromatic heterocycles. The first-order valence-electron chi connectivity index (χ1n) is 11.1. The van der Waals surface area contributed by atoms with Crippen molar-refractivity contribution in [3.05, 3.63) is 12.2 Å². The summed E-state index contributed by atoms with van der Waals surface area (Å²) in [5.41, 5.74) is -0.570. The molecule has 0 atom stereocenters. The molecule has 0 saturated carbocycles. The van der Waals surface area contributed by atoms with E-state index in [4.69, 9.17) is 14.2 Å². The van der Waals surface area contributed by atoms with Crippen molar-refractivity contribution in [1.82, 2.24) is 20.9 Å². The number of nitrogens with zero attached hydrogens (tertiary/aromatic N) is 1. The van der Waals surface area contributed by atoms with E-state index in [9.17, 15) is 24.0 Å². The number of hydrogen-bond acceptors (Lipinski definition) is 8. The minimum absolute atomic E-state index is 0.138. The summed E-state index contributed by atoms with van der Waals surface area (Å²) in [6.07, 6.45) is 2.54. The van der Waals surface area contributed by atoms with Gasteiger partial charge in [-0.2, -0.15) is 0 Å². The first kappa shape index (κ1) is 31.0. The monoisotopic (exact) mass is 486 g/mol. The number of rotatable bonds is 17. The van der Waals surface area contributed by atoms with Gasteiger partial charge in [-0.05, 0) is 26.8 Å². The van der Waals surface area contributed by atoms with Crippen LogP contribution in [0.2, 0.25) is 0 Å². The predicted octanol–water partition coefficient (Wildman–Crippen LogP) is -0.230. The standard InChI is InChI=1S/C22H38N4O8/c1-22(2,3)34-21(31)25-10-9-23-19(29)8-14-32-16-17-33-15-11-24-18(28)7-12-26(4)20(30)6-5-13-27/h5-6,13H,7-12,14-17H2,1-4H3,(H,23,29)(H,24,28)(H,25,31)/b6-5-. The molecule has 0 rings (SSSR count). The van der Waals surface area contributed by atoms with Crippen LogP contribution in [0, 0.1) is 0 Å². The quantitative estimate of drug-likeness (QED) is 0.145. The fourth-order valence-electron chi connectivity index (χ4n) is 2.24. The van der Waals surface area contributed by atoms with Crippen LogP contribution in [0.25, 0.3) is 0 Å². The summed E-state index contributed by atoms with van der Waals surface area (Å²) >= 11 is 0. The van der Waals surface area contributed by atoms with Gasteiger partial charge in [0.1, 0.15) is 11.9 Å². The minimum Gasteiger partial charge on any atom is -0.444 e. The smallest absolute Gasteiger partial charge is 0.407 e. The molecule has 0 aromatic carbocycles. The molecular weight excluding hydrogens is 448 g/mol. The second kappa shape index (κ2) is 18.4. The number of aldehydes is 1. The average Bonchev–Trinajstić information content (AvgIpc) is 2.76. The van der Waals surface area contributed by atoms with Gasteiger partial charge in [-0.3, -0.25) is 19.2 Å². The molecule has 0 saturated heterocycles. The third kappa shape index (κ3) is 19.7. The molecule has 0 unspecified atom stereocenters. The Morgan fingerprint density at radius 1 is 0.824 bits per heavy atom. The van der Waals surface area contributed by atoms with Crippen molar-refractivity contribution in [2.24, 2.45) is 0 Å². The van der Waals surface area contributed by atoms with Crippen molar-refractivity contribution >= 4 is 30.1 Å². The number of alkyl carbamates (subject to hydrolysis) is 1. The van der Waals surface area contributed by atoms with Crippen molar-refractivity contribution in [2.45, 2.75) is 39.2 Å². The van der Waals surface area contributed by atoms with Crippen LogP contribution in [0.1, 0.15) is 33.6 Å². The normalized spacial score (nSPS) is 11.1. The lowest BCUT2D eigenvalue weighted by molar-refractivity contribution is -0.126. The average molecular weight is 487 g/mol. The molecular formula is C22H38N4O8. The molecule has 34 heavy (non-hydrogen) atoms. The van der Waals surface area contributed by atoms with Gasteiger partial charge in [-0.15, -0.1) is 0 Å². The summed E-state index contributed by atoms with van der Waals surface area (Å²) in [7, 11) is 1.54. The largest absolute Gasteiger partial charge is 0.444 e. The Hall–Kier alpha value is -2.99. The maximum Gasteiger partial charge on any atom is 0.407 e. The van der Waals surface area contributed by atoms with E-state index >= 15 is 0 Å². The van der Waals surface area contributed by atoms with Crippen LogP contribution < -0.4 is 16.0 Å². The first-order valence-corrected chi connectivity index (χ1v) is 11.1. The molecule has 0 aliphatic carbocycles. The van der Waals surface area contributed by atoms with Crippen molar-refractivity contribution < 1.29 is 38.2 Å². The SMILES string of the molecule is CN(CCC(=O)NCCOCCOCCC(=O)NCCNC(=O)OC(C)(C)C)C(=O)/C=C\C=O. The molecule has 0 aliphatic heterocycles. The second-order valence-electron chi connectivity index (χ2n) is 8.11. The van der Waals surface area contributed by atoms with Crippen molar-refractivity contribution in [2.75, 3.05) is 59.7 Å². The van der Waals surface area contributed by atoms with E-state index in [0.29, 0.717) is 32.7 Å². The molecule has 12 heteroatoms. The summed E-state index contributed by atoms with van der Waals surface area (Å²) in [4.78, 5) is 58.0. The zero-order valence-corrected chi connectivity index (χ0v) is 20.5. The van der Waals surface area contributed by atoms with Gasteiger partial charge in [0, 0.05) is 52.1 Å². The van der Waals surface area contributed by atoms with Crippen LogP contribution in [0.15, 0.2) is 12.2 Å². The molecule has 0 fully saturated rings. The van der Waals surface area contributed by atoms with Gasteiger partial charge in [0.25, 0.3) is 0 Å². The van der Waals surface area contributed by atoms with Crippen LogP contribution in [-0.2, 0) is 33.4 Å². The summed E-state index contributed by atoms with van der Waals surface area (Å²) in [6.45, 7) is 7.57. The van der Waals surface area contributed by atoms with E-state index < -0.39 is 11.7 Å². The van der Waals surface area contributed by atoms with Gasteiger partial charge < -0.3 is 35.1 Å². The number of amides is 4. The second-order valence-corrected chi connectivity index (χ2v) is 8.11. The maximum absolute atomic E-state index is 11.7. The molecule has 0 aliphatic rings. The predicted molar refractivity (Wildman–Crippen MR) is 124 cm³/mol. The van der Waals surface area contributed by atoms with Crippen molar-refractivity contribution in [1.29, 1.82) is 0 Å². The van der Waals surface area contributed by atoms with Gasteiger partial charge in [-0.1, -0.05) is 0 Å². The van der Waals surface area contributed by atoms with E-state index in [0.717, 1.165) is 12.2 Å². The zero-order valence-electron chi connectivity index (χ0n) is 20.5. The number of carbonyl (C=O) groups is 5. The van der Waals surface area contributed by atoms with E-state index in [-0.39, 0.29) is 56.8 Å². The highest BCUT2D eigenvalue weighted by Gasteiger charge is 2.15. The van der Waals surface area contributed by atoms with E-state index in [1.807, 2.05) is 0 Å². The van der Waals surface area contributed by atoms with E-state index in [1.54, 1.807) is 27.8 Å².